The van der Waals surface area contributed by atoms with E-state index < -0.39 is 28.0 Å². The maximum absolute atomic E-state index is 13.4. The van der Waals surface area contributed by atoms with E-state index in [0.29, 0.717) is 33.9 Å². The number of aromatic nitrogens is 1. The minimum absolute atomic E-state index is 0.0373. The number of hydrogen-bond acceptors (Lipinski definition) is 6. The molecule has 0 saturated heterocycles. The van der Waals surface area contributed by atoms with Gasteiger partial charge in [-0.1, -0.05) is 41.9 Å². The van der Waals surface area contributed by atoms with E-state index in [1.165, 1.54) is 17.7 Å². The largest absolute Gasteiger partial charge is 0.469 e. The van der Waals surface area contributed by atoms with Crippen LogP contribution in [0.1, 0.15) is 33.6 Å². The molecule has 5 rings (SSSR count). The third kappa shape index (κ3) is 5.44. The van der Waals surface area contributed by atoms with E-state index in [0.717, 1.165) is 27.7 Å². The molecule has 0 N–H and O–H groups in total. The van der Waals surface area contributed by atoms with Gasteiger partial charge in [-0.2, -0.15) is 0 Å². The second kappa shape index (κ2) is 11.2. The van der Waals surface area contributed by atoms with E-state index in [-0.39, 0.29) is 19.4 Å². The number of rotatable bonds is 8. The van der Waals surface area contributed by atoms with Crippen LogP contribution in [-0.4, -0.2) is 50.9 Å². The van der Waals surface area contributed by atoms with Crippen molar-refractivity contribution in [3.63, 3.8) is 0 Å². The zero-order valence-corrected chi connectivity index (χ0v) is 24.9. The number of nitrogens with zero attached hydrogens (tertiary/aromatic N) is 2. The Bertz CT molecular complexity index is 1750. The van der Waals surface area contributed by atoms with Crippen molar-refractivity contribution in [3.8, 4) is 11.1 Å². The monoisotopic (exact) mass is 594 g/mol. The van der Waals surface area contributed by atoms with Gasteiger partial charge in [0.15, 0.2) is 0 Å². The van der Waals surface area contributed by atoms with Gasteiger partial charge in [0.1, 0.15) is 0 Å². The lowest BCUT2D eigenvalue weighted by Crippen LogP contribution is -2.46. The SMILES string of the molecule is COC(=O)Cc1c(C)c2c3c(cc(C)n3C[C@H](CCOC(=O)c3ccccc3)N2S(C)(=O)=O)c1-c1ccc(Cl)cc1. The van der Waals surface area contributed by atoms with Gasteiger partial charge in [0, 0.05) is 29.1 Å². The van der Waals surface area contributed by atoms with Gasteiger partial charge in [-0.05, 0) is 66.4 Å². The molecule has 1 aliphatic rings. The Labute approximate surface area is 244 Å². The lowest BCUT2D eigenvalue weighted by Gasteiger charge is -2.39. The summed E-state index contributed by atoms with van der Waals surface area (Å²) < 4.78 is 40.9. The standard InChI is InChI=1S/C31H31ClN2O6S/c1-19-16-26-28(21-10-12-23(32)13-11-21)25(17-27(35)39-3)20(2)29-30(26)33(19)18-24(34(29)41(4,37)38)14-15-40-31(36)22-8-6-5-7-9-22/h5-13,16,24H,14-15,17-18H2,1-4H3/t24-/m0/s1. The summed E-state index contributed by atoms with van der Waals surface area (Å²) in [5.41, 5.74) is 5.74. The van der Waals surface area contributed by atoms with Gasteiger partial charge >= 0.3 is 11.9 Å². The second-order valence-corrected chi connectivity index (χ2v) is 12.5. The molecule has 0 saturated carbocycles. The van der Waals surface area contributed by atoms with Gasteiger partial charge in [-0.3, -0.25) is 9.10 Å². The summed E-state index contributed by atoms with van der Waals surface area (Å²) in [5.74, 6) is -0.895. The molecule has 3 aromatic carbocycles. The summed E-state index contributed by atoms with van der Waals surface area (Å²) in [6.45, 7) is 4.25. The predicted octanol–water partition coefficient (Wildman–Crippen LogP) is 5.69. The van der Waals surface area contributed by atoms with Crippen LogP contribution in [0.5, 0.6) is 0 Å². The van der Waals surface area contributed by atoms with Crippen molar-refractivity contribution < 1.29 is 27.5 Å². The number of aryl methyl sites for hydroxylation is 1. The molecule has 0 aliphatic carbocycles. The minimum Gasteiger partial charge on any atom is -0.469 e. The first-order chi connectivity index (χ1) is 19.5. The summed E-state index contributed by atoms with van der Waals surface area (Å²) >= 11 is 6.18. The van der Waals surface area contributed by atoms with Crippen LogP contribution in [-0.2, 0) is 37.3 Å². The number of benzene rings is 3. The fourth-order valence-electron chi connectivity index (χ4n) is 5.74. The summed E-state index contributed by atoms with van der Waals surface area (Å²) in [4.78, 5) is 25.2. The van der Waals surface area contributed by atoms with Crippen molar-refractivity contribution in [1.29, 1.82) is 0 Å². The van der Waals surface area contributed by atoms with Crippen LogP contribution in [0.2, 0.25) is 5.02 Å². The lowest BCUT2D eigenvalue weighted by atomic mass is 9.88. The molecule has 0 radical (unpaired) electrons. The van der Waals surface area contributed by atoms with Crippen LogP contribution in [0, 0.1) is 13.8 Å². The third-order valence-corrected chi connectivity index (χ3v) is 9.03. The minimum atomic E-state index is -3.77. The molecule has 1 atom stereocenters. The lowest BCUT2D eigenvalue weighted by molar-refractivity contribution is -0.139. The molecule has 4 aromatic rings. The molecule has 0 spiro atoms. The van der Waals surface area contributed by atoms with E-state index in [2.05, 4.69) is 4.57 Å². The van der Waals surface area contributed by atoms with Gasteiger partial charge in [-0.15, -0.1) is 0 Å². The maximum Gasteiger partial charge on any atom is 0.338 e. The zero-order valence-electron chi connectivity index (χ0n) is 23.3. The molecule has 10 heteroatoms. The number of anilines is 1. The quantitative estimate of drug-likeness (QED) is 0.243. The van der Waals surface area contributed by atoms with Gasteiger partial charge in [0.25, 0.3) is 0 Å². The van der Waals surface area contributed by atoms with Crippen LogP contribution in [0.25, 0.3) is 22.0 Å². The first-order valence-electron chi connectivity index (χ1n) is 13.2. The summed E-state index contributed by atoms with van der Waals surface area (Å²) in [6, 6.07) is 17.6. The Morgan fingerprint density at radius 2 is 1.73 bits per heavy atom. The van der Waals surface area contributed by atoms with Crippen molar-refractivity contribution in [1.82, 2.24) is 4.57 Å². The van der Waals surface area contributed by atoms with Crippen molar-refractivity contribution in [2.24, 2.45) is 0 Å². The Kier molecular flexibility index (Phi) is 7.85. The van der Waals surface area contributed by atoms with Crippen LogP contribution >= 0.6 is 11.6 Å². The van der Waals surface area contributed by atoms with E-state index >= 15 is 0 Å². The molecule has 0 unspecified atom stereocenters. The summed E-state index contributed by atoms with van der Waals surface area (Å²) in [5, 5.41) is 1.42. The number of hydrogen-bond donors (Lipinski definition) is 0. The number of esters is 2. The van der Waals surface area contributed by atoms with Gasteiger partial charge in [-0.25, -0.2) is 13.2 Å². The molecule has 1 aromatic heterocycles. The normalized spacial score (nSPS) is 14.8. The number of sulfonamides is 1. The van der Waals surface area contributed by atoms with E-state index in [1.54, 1.807) is 36.4 Å². The van der Waals surface area contributed by atoms with Crippen LogP contribution < -0.4 is 4.31 Å². The molecular formula is C31H31ClN2O6S. The van der Waals surface area contributed by atoms with Crippen molar-refractivity contribution in [2.45, 2.75) is 39.3 Å². The topological polar surface area (TPSA) is 94.9 Å². The Morgan fingerprint density at radius 3 is 2.37 bits per heavy atom. The fraction of sp³-hybridized carbons (Fsp3) is 0.290. The number of methoxy groups -OCH3 is 1. The molecule has 1 aliphatic heterocycles. The average molecular weight is 595 g/mol. The highest BCUT2D eigenvalue weighted by molar-refractivity contribution is 7.92. The van der Waals surface area contributed by atoms with Crippen LogP contribution in [0.4, 0.5) is 5.69 Å². The molecule has 2 heterocycles. The smallest absolute Gasteiger partial charge is 0.338 e. The number of carbonyl (C=O) groups is 2. The molecule has 8 nitrogen and oxygen atoms in total. The summed E-state index contributed by atoms with van der Waals surface area (Å²) in [7, 11) is -2.44. The second-order valence-electron chi connectivity index (χ2n) is 10.2. The van der Waals surface area contributed by atoms with Gasteiger partial charge < -0.3 is 14.0 Å². The van der Waals surface area contributed by atoms with Crippen molar-refractivity contribution in [3.05, 3.63) is 88.1 Å². The number of ether oxygens (including phenoxy) is 2. The number of carbonyl (C=O) groups excluding carboxylic acids is 2. The van der Waals surface area contributed by atoms with Crippen LogP contribution in [0.3, 0.4) is 0 Å². The average Bonchev–Trinajstić information content (AvgIpc) is 3.27. The van der Waals surface area contributed by atoms with Crippen molar-refractivity contribution in [2.75, 3.05) is 24.3 Å². The fourth-order valence-corrected chi connectivity index (χ4v) is 7.13. The van der Waals surface area contributed by atoms with Gasteiger partial charge in [0.05, 0.1) is 49.2 Å². The van der Waals surface area contributed by atoms with E-state index in [4.69, 9.17) is 21.1 Å². The molecule has 0 fully saturated rings. The molecule has 214 valence electrons. The highest BCUT2D eigenvalue weighted by Gasteiger charge is 2.38. The highest BCUT2D eigenvalue weighted by Crippen LogP contribution is 2.47. The summed E-state index contributed by atoms with van der Waals surface area (Å²) in [6.07, 6.45) is 1.43. The van der Waals surface area contributed by atoms with Crippen molar-refractivity contribution >= 4 is 50.2 Å². The predicted molar refractivity (Wildman–Crippen MR) is 160 cm³/mol. The van der Waals surface area contributed by atoms with Crippen LogP contribution in [0.15, 0.2) is 60.7 Å². The third-order valence-electron chi connectivity index (χ3n) is 7.59. The Hall–Kier alpha value is -3.82. The first-order valence-corrected chi connectivity index (χ1v) is 15.4. The zero-order chi connectivity index (χ0) is 29.5. The molecule has 41 heavy (non-hydrogen) atoms. The number of halogens is 1. The van der Waals surface area contributed by atoms with E-state index in [1.807, 2.05) is 38.1 Å². The van der Waals surface area contributed by atoms with Gasteiger partial charge in [0.2, 0.25) is 10.0 Å². The molecule has 0 bridgehead atoms. The Morgan fingerprint density at radius 1 is 1.05 bits per heavy atom. The first kappa shape index (κ1) is 28.7. The molecule has 0 amide bonds. The molecular weight excluding hydrogens is 564 g/mol. The van der Waals surface area contributed by atoms with E-state index in [9.17, 15) is 18.0 Å². The maximum atomic E-state index is 13.4. The Balaban J connectivity index is 1.64. The highest BCUT2D eigenvalue weighted by atomic mass is 35.5.